The summed E-state index contributed by atoms with van der Waals surface area (Å²) < 4.78 is 12.0. The lowest BCUT2D eigenvalue weighted by atomic mass is 9.43. The zero-order valence-electron chi connectivity index (χ0n) is 19.8. The van der Waals surface area contributed by atoms with E-state index >= 15 is 0 Å². The molecule has 0 aromatic rings. The van der Waals surface area contributed by atoms with E-state index in [4.69, 9.17) is 9.47 Å². The Morgan fingerprint density at radius 1 is 1.19 bits per heavy atom. The van der Waals surface area contributed by atoms with Crippen LogP contribution < -0.4 is 0 Å². The van der Waals surface area contributed by atoms with Gasteiger partial charge in [0.1, 0.15) is 12.2 Å². The summed E-state index contributed by atoms with van der Waals surface area (Å²) in [6, 6.07) is 0.298. The Morgan fingerprint density at radius 2 is 1.91 bits per heavy atom. The second-order valence-corrected chi connectivity index (χ2v) is 12.0. The number of nitrogens with zero attached hydrogens (tertiary/aromatic N) is 1. The topological polar surface area (TPSA) is 76.1 Å². The van der Waals surface area contributed by atoms with Crippen LogP contribution in [0.4, 0.5) is 0 Å². The molecule has 6 heteroatoms. The molecule has 5 aliphatic carbocycles. The Hall–Kier alpha value is -1.40. The monoisotopic (exact) mass is 443 g/mol. The summed E-state index contributed by atoms with van der Waals surface area (Å²) in [7, 11) is 0. The Bertz CT molecular complexity index is 903. The van der Waals surface area contributed by atoms with E-state index < -0.39 is 0 Å². The predicted molar refractivity (Wildman–Crippen MR) is 117 cm³/mol. The van der Waals surface area contributed by atoms with Crippen molar-refractivity contribution < 1.29 is 24.2 Å². The second kappa shape index (κ2) is 6.38. The third kappa shape index (κ3) is 2.15. The van der Waals surface area contributed by atoms with Gasteiger partial charge in [-0.3, -0.25) is 14.5 Å². The van der Waals surface area contributed by atoms with Crippen molar-refractivity contribution in [1.29, 1.82) is 0 Å². The van der Waals surface area contributed by atoms with Crippen LogP contribution in [0.2, 0.25) is 0 Å². The maximum Gasteiger partial charge on any atom is 0.303 e. The van der Waals surface area contributed by atoms with Crippen LogP contribution in [0.5, 0.6) is 0 Å². The number of aliphatic hydroxyl groups excluding tert-OH is 1. The lowest BCUT2D eigenvalue weighted by Crippen LogP contribution is -2.68. The van der Waals surface area contributed by atoms with Gasteiger partial charge in [0.15, 0.2) is 0 Å². The summed E-state index contributed by atoms with van der Waals surface area (Å²) in [5.41, 5.74) is 0.687. The zero-order chi connectivity index (χ0) is 22.8. The molecule has 32 heavy (non-hydrogen) atoms. The molecule has 2 unspecified atom stereocenters. The fraction of sp³-hybridized carbons (Fsp3) is 0.846. The van der Waals surface area contributed by atoms with E-state index in [9.17, 15) is 14.7 Å². The quantitative estimate of drug-likeness (QED) is 0.534. The summed E-state index contributed by atoms with van der Waals surface area (Å²) in [5, 5.41) is 11.8. The lowest BCUT2D eigenvalue weighted by Gasteiger charge is -2.65. The minimum Gasteiger partial charge on any atom is -0.462 e. The zero-order valence-corrected chi connectivity index (χ0v) is 19.8. The van der Waals surface area contributed by atoms with Gasteiger partial charge in [0.25, 0.3) is 0 Å². The van der Waals surface area contributed by atoms with Crippen LogP contribution in [-0.4, -0.2) is 59.4 Å². The number of likely N-dealkylation sites (tertiary alicyclic amines) is 1. The van der Waals surface area contributed by atoms with Gasteiger partial charge in [0.2, 0.25) is 0 Å². The van der Waals surface area contributed by atoms with Gasteiger partial charge in [-0.2, -0.15) is 0 Å². The second-order valence-electron chi connectivity index (χ2n) is 12.0. The van der Waals surface area contributed by atoms with E-state index in [0.717, 1.165) is 50.8 Å². The van der Waals surface area contributed by atoms with Crippen LogP contribution in [0.15, 0.2) is 12.2 Å². The molecule has 0 amide bonds. The van der Waals surface area contributed by atoms with Crippen LogP contribution in [0, 0.1) is 39.9 Å². The number of carbonyl (C=O) groups is 2. The molecule has 6 fully saturated rings. The Balaban J connectivity index is 1.56. The highest BCUT2D eigenvalue weighted by Crippen LogP contribution is 2.83. The molecule has 176 valence electrons. The van der Waals surface area contributed by atoms with Crippen molar-refractivity contribution in [3.05, 3.63) is 12.2 Å². The molecular formula is C26H37NO5. The van der Waals surface area contributed by atoms with Crippen molar-refractivity contribution in [1.82, 2.24) is 4.90 Å². The van der Waals surface area contributed by atoms with Crippen LogP contribution in [-0.2, 0) is 19.1 Å². The molecule has 1 aliphatic heterocycles. The van der Waals surface area contributed by atoms with E-state index in [1.54, 1.807) is 0 Å². The average molecular weight is 444 g/mol. The molecule has 1 N–H and O–H groups in total. The lowest BCUT2D eigenvalue weighted by molar-refractivity contribution is -0.222. The van der Waals surface area contributed by atoms with Crippen LogP contribution >= 0.6 is 0 Å². The standard InChI is InChI=1S/C26H37NO5/c1-6-27-12-24(5)8-7-21(30)26-19(24)9-17(22(26)27)25-11-16(13(2)23(25)32-15(4)29)18(10-20(25)26)31-14(3)28/h16-23,30H,2,6-12H2,1,3-5H3/t16-,17-,18-,19?,20?,21-,22-,23+,24-,25-,26-/m0/s1. The molecule has 6 nitrogen and oxygen atoms in total. The Labute approximate surface area is 190 Å². The molecule has 1 saturated heterocycles. The highest BCUT2D eigenvalue weighted by atomic mass is 16.6. The molecule has 2 spiro atoms. The molecule has 6 rings (SSSR count). The molecule has 0 aromatic heterocycles. The van der Waals surface area contributed by atoms with Crippen molar-refractivity contribution in [2.24, 2.45) is 39.9 Å². The summed E-state index contributed by atoms with van der Waals surface area (Å²) in [5.74, 6) is 0.487. The fourth-order valence-electron chi connectivity index (χ4n) is 10.6. The van der Waals surface area contributed by atoms with Crippen LogP contribution in [0.1, 0.15) is 59.8 Å². The van der Waals surface area contributed by atoms with Gasteiger partial charge in [0, 0.05) is 43.2 Å². The maximum absolute atomic E-state index is 12.3. The molecule has 11 atom stereocenters. The van der Waals surface area contributed by atoms with Gasteiger partial charge >= 0.3 is 11.9 Å². The number of hydrogen-bond acceptors (Lipinski definition) is 6. The average Bonchev–Trinajstić information content (AvgIpc) is 3.25. The van der Waals surface area contributed by atoms with E-state index in [2.05, 4.69) is 25.3 Å². The molecular weight excluding hydrogens is 406 g/mol. The summed E-state index contributed by atoms with van der Waals surface area (Å²) in [6.45, 7) is 14.1. The molecule has 5 saturated carbocycles. The highest BCUT2D eigenvalue weighted by Gasteiger charge is 2.85. The largest absolute Gasteiger partial charge is 0.462 e. The van der Waals surface area contributed by atoms with Crippen molar-refractivity contribution in [3.63, 3.8) is 0 Å². The van der Waals surface area contributed by atoms with Gasteiger partial charge in [-0.1, -0.05) is 20.4 Å². The van der Waals surface area contributed by atoms with Gasteiger partial charge in [-0.25, -0.2) is 0 Å². The number of rotatable bonds is 3. The first-order valence-corrected chi connectivity index (χ1v) is 12.6. The summed E-state index contributed by atoms with van der Waals surface area (Å²) in [6.07, 6.45) is 3.63. The first kappa shape index (κ1) is 21.2. The van der Waals surface area contributed by atoms with E-state index in [-0.39, 0.29) is 58.3 Å². The molecule has 6 aliphatic rings. The molecule has 1 heterocycles. The molecule has 7 bridgehead atoms. The maximum atomic E-state index is 12.3. The Kier molecular flexibility index (Phi) is 4.22. The van der Waals surface area contributed by atoms with E-state index in [0.29, 0.717) is 17.9 Å². The molecule has 0 radical (unpaired) electrons. The van der Waals surface area contributed by atoms with Crippen molar-refractivity contribution in [2.75, 3.05) is 13.1 Å². The van der Waals surface area contributed by atoms with Crippen molar-refractivity contribution in [3.8, 4) is 0 Å². The SMILES string of the molecule is C=C1[C@@H](OC(C)=O)[C@]23C[C@@H]1[C@@H](OC(C)=O)CC2[C@]12C4C[C@H]3[C@@H]1N(CC)C[C@]4(C)CC[C@@H]2O. The normalized spacial score (nSPS) is 55.0. The number of ether oxygens (including phenoxy) is 2. The van der Waals surface area contributed by atoms with Gasteiger partial charge < -0.3 is 14.6 Å². The molecule has 0 aromatic carbocycles. The summed E-state index contributed by atoms with van der Waals surface area (Å²) in [4.78, 5) is 26.9. The third-order valence-corrected chi connectivity index (χ3v) is 11.1. The number of aliphatic hydroxyl groups is 1. The van der Waals surface area contributed by atoms with E-state index in [1.807, 2.05) is 0 Å². The first-order valence-electron chi connectivity index (χ1n) is 12.6. The Morgan fingerprint density at radius 3 is 2.56 bits per heavy atom. The van der Waals surface area contributed by atoms with E-state index in [1.165, 1.54) is 13.8 Å². The third-order valence-electron chi connectivity index (χ3n) is 11.1. The predicted octanol–water partition coefficient (Wildman–Crippen LogP) is 2.93. The number of piperidine rings is 1. The van der Waals surface area contributed by atoms with Crippen LogP contribution in [0.3, 0.4) is 0 Å². The van der Waals surface area contributed by atoms with Crippen LogP contribution in [0.25, 0.3) is 0 Å². The minimum atomic E-state index is -0.365. The number of hydrogen-bond donors (Lipinski definition) is 1. The number of carbonyl (C=O) groups excluding carboxylic acids is 2. The number of fused-ring (bicyclic) bond motifs is 1. The van der Waals surface area contributed by atoms with Gasteiger partial charge in [-0.15, -0.1) is 0 Å². The van der Waals surface area contributed by atoms with Crippen molar-refractivity contribution in [2.45, 2.75) is 84.2 Å². The number of esters is 2. The summed E-state index contributed by atoms with van der Waals surface area (Å²) >= 11 is 0. The fourth-order valence-corrected chi connectivity index (χ4v) is 10.6. The smallest absolute Gasteiger partial charge is 0.303 e. The highest BCUT2D eigenvalue weighted by molar-refractivity contribution is 5.67. The van der Waals surface area contributed by atoms with Gasteiger partial charge in [-0.05, 0) is 67.4 Å². The first-order chi connectivity index (χ1) is 15.1. The minimum absolute atomic E-state index is 0.0253. The van der Waals surface area contributed by atoms with Crippen molar-refractivity contribution >= 4 is 11.9 Å². The van der Waals surface area contributed by atoms with Gasteiger partial charge in [0.05, 0.1) is 6.10 Å².